The van der Waals surface area contributed by atoms with Gasteiger partial charge in [0.1, 0.15) is 0 Å². The van der Waals surface area contributed by atoms with Crippen molar-refractivity contribution in [2.24, 2.45) is 11.7 Å². The molecular formula is C9H17NO4. The van der Waals surface area contributed by atoms with E-state index in [0.29, 0.717) is 6.61 Å². The van der Waals surface area contributed by atoms with Crippen LogP contribution in [0, 0.1) is 5.92 Å². The van der Waals surface area contributed by atoms with E-state index in [0.717, 1.165) is 0 Å². The molecule has 0 saturated heterocycles. The van der Waals surface area contributed by atoms with Gasteiger partial charge in [0.05, 0.1) is 24.7 Å². The minimum Gasteiger partial charge on any atom is -0.466 e. The van der Waals surface area contributed by atoms with Crippen LogP contribution in [0.3, 0.4) is 0 Å². The average molecular weight is 203 g/mol. The molecule has 4 N–H and O–H groups in total. The molecule has 1 aliphatic carbocycles. The van der Waals surface area contributed by atoms with Crippen molar-refractivity contribution in [3.8, 4) is 0 Å². The number of rotatable bonds is 2. The summed E-state index contributed by atoms with van der Waals surface area (Å²) in [5.41, 5.74) is 5.69. The first-order valence-corrected chi connectivity index (χ1v) is 4.84. The van der Waals surface area contributed by atoms with E-state index >= 15 is 0 Å². The van der Waals surface area contributed by atoms with E-state index < -0.39 is 24.2 Å². The molecule has 0 aromatic heterocycles. The monoisotopic (exact) mass is 203 g/mol. The smallest absolute Gasteiger partial charge is 0.310 e. The van der Waals surface area contributed by atoms with Gasteiger partial charge in [-0.2, -0.15) is 0 Å². The van der Waals surface area contributed by atoms with Crippen molar-refractivity contribution in [2.45, 2.75) is 38.0 Å². The molecular weight excluding hydrogens is 186 g/mol. The molecule has 0 spiro atoms. The standard InChI is InChI=1S/C9H17NO4/c1-2-14-9(13)5-3-7(11)8(12)4-6(5)10/h5-8,11-12H,2-4,10H2,1H3/t5-,6+,7-,8+/m1/s1. The Balaban J connectivity index is 2.56. The highest BCUT2D eigenvalue weighted by Crippen LogP contribution is 2.25. The van der Waals surface area contributed by atoms with Crippen molar-refractivity contribution in [1.29, 1.82) is 0 Å². The van der Waals surface area contributed by atoms with Crippen LogP contribution >= 0.6 is 0 Å². The fourth-order valence-electron chi connectivity index (χ4n) is 1.71. The summed E-state index contributed by atoms with van der Waals surface area (Å²) < 4.78 is 4.82. The lowest BCUT2D eigenvalue weighted by Crippen LogP contribution is -2.49. The van der Waals surface area contributed by atoms with Gasteiger partial charge in [-0.05, 0) is 19.8 Å². The van der Waals surface area contributed by atoms with Crippen molar-refractivity contribution in [2.75, 3.05) is 6.61 Å². The molecule has 5 nitrogen and oxygen atoms in total. The first kappa shape index (κ1) is 11.4. The quantitative estimate of drug-likeness (QED) is 0.501. The van der Waals surface area contributed by atoms with E-state index in [-0.39, 0.29) is 18.8 Å². The SMILES string of the molecule is CCOC(=O)[C@@H]1C[C@@H](O)[C@@H](O)C[C@@H]1N. The van der Waals surface area contributed by atoms with Crippen LogP contribution in [0.4, 0.5) is 0 Å². The van der Waals surface area contributed by atoms with Crippen LogP contribution in [0.15, 0.2) is 0 Å². The van der Waals surface area contributed by atoms with Crippen LogP contribution in [-0.4, -0.2) is 41.0 Å². The highest BCUT2D eigenvalue weighted by Gasteiger charge is 2.38. The highest BCUT2D eigenvalue weighted by molar-refractivity contribution is 5.73. The molecule has 0 unspecified atom stereocenters. The summed E-state index contributed by atoms with van der Waals surface area (Å²) >= 11 is 0. The molecule has 0 amide bonds. The van der Waals surface area contributed by atoms with Crippen molar-refractivity contribution >= 4 is 5.97 Å². The molecule has 5 heteroatoms. The first-order valence-electron chi connectivity index (χ1n) is 4.84. The van der Waals surface area contributed by atoms with Gasteiger partial charge in [-0.15, -0.1) is 0 Å². The van der Waals surface area contributed by atoms with Gasteiger partial charge < -0.3 is 20.7 Å². The number of hydrogen-bond acceptors (Lipinski definition) is 5. The Kier molecular flexibility index (Phi) is 3.86. The number of carbonyl (C=O) groups is 1. The fraction of sp³-hybridized carbons (Fsp3) is 0.889. The van der Waals surface area contributed by atoms with E-state index in [9.17, 15) is 15.0 Å². The van der Waals surface area contributed by atoms with Crippen LogP contribution in [-0.2, 0) is 9.53 Å². The molecule has 0 heterocycles. The molecule has 0 radical (unpaired) electrons. The van der Waals surface area contributed by atoms with Gasteiger partial charge in [0.25, 0.3) is 0 Å². The summed E-state index contributed by atoms with van der Waals surface area (Å²) in [6.45, 7) is 2.03. The number of esters is 1. The van der Waals surface area contributed by atoms with E-state index in [1.165, 1.54) is 0 Å². The van der Waals surface area contributed by atoms with Crippen LogP contribution in [0.25, 0.3) is 0 Å². The van der Waals surface area contributed by atoms with Gasteiger partial charge in [0, 0.05) is 6.04 Å². The molecule has 0 aromatic carbocycles. The molecule has 0 aromatic rings. The summed E-state index contributed by atoms with van der Waals surface area (Å²) in [4.78, 5) is 11.4. The molecule has 4 atom stereocenters. The Hall–Kier alpha value is -0.650. The summed E-state index contributed by atoms with van der Waals surface area (Å²) in [5.74, 6) is -0.876. The first-order chi connectivity index (χ1) is 6.56. The average Bonchev–Trinajstić information content (AvgIpc) is 2.11. The lowest BCUT2D eigenvalue weighted by Gasteiger charge is -2.33. The number of hydrogen-bond donors (Lipinski definition) is 3. The van der Waals surface area contributed by atoms with Gasteiger partial charge in [0.15, 0.2) is 0 Å². The van der Waals surface area contributed by atoms with Crippen LogP contribution in [0.2, 0.25) is 0 Å². The highest BCUT2D eigenvalue weighted by atomic mass is 16.5. The zero-order valence-electron chi connectivity index (χ0n) is 8.22. The Bertz CT molecular complexity index is 209. The number of ether oxygens (including phenoxy) is 1. The zero-order valence-corrected chi connectivity index (χ0v) is 8.22. The van der Waals surface area contributed by atoms with E-state index in [4.69, 9.17) is 10.5 Å². The van der Waals surface area contributed by atoms with Gasteiger partial charge in [0.2, 0.25) is 0 Å². The number of aliphatic hydroxyl groups excluding tert-OH is 2. The van der Waals surface area contributed by atoms with Gasteiger partial charge in [-0.3, -0.25) is 4.79 Å². The van der Waals surface area contributed by atoms with Crippen molar-refractivity contribution < 1.29 is 19.7 Å². The van der Waals surface area contributed by atoms with E-state index in [2.05, 4.69) is 0 Å². The Morgan fingerprint density at radius 1 is 1.43 bits per heavy atom. The molecule has 1 rings (SSSR count). The Morgan fingerprint density at radius 2 is 2.00 bits per heavy atom. The third-order valence-corrected chi connectivity index (χ3v) is 2.56. The van der Waals surface area contributed by atoms with E-state index in [1.807, 2.05) is 0 Å². The molecule has 1 fully saturated rings. The predicted molar refractivity (Wildman–Crippen MR) is 49.3 cm³/mol. The molecule has 82 valence electrons. The number of aliphatic hydroxyl groups is 2. The van der Waals surface area contributed by atoms with Crippen molar-refractivity contribution in [3.05, 3.63) is 0 Å². The van der Waals surface area contributed by atoms with Crippen molar-refractivity contribution in [1.82, 2.24) is 0 Å². The summed E-state index contributed by atoms with van der Waals surface area (Å²) in [5, 5.41) is 18.7. The number of carbonyl (C=O) groups excluding carboxylic acids is 1. The second-order valence-electron chi connectivity index (χ2n) is 3.63. The fourth-order valence-corrected chi connectivity index (χ4v) is 1.71. The maximum absolute atomic E-state index is 11.4. The lowest BCUT2D eigenvalue weighted by molar-refractivity contribution is -0.153. The van der Waals surface area contributed by atoms with Gasteiger partial charge in [-0.25, -0.2) is 0 Å². The van der Waals surface area contributed by atoms with Gasteiger partial charge in [-0.1, -0.05) is 0 Å². The van der Waals surface area contributed by atoms with Crippen LogP contribution < -0.4 is 5.73 Å². The largest absolute Gasteiger partial charge is 0.466 e. The maximum Gasteiger partial charge on any atom is 0.310 e. The minimum absolute atomic E-state index is 0.182. The number of nitrogens with two attached hydrogens (primary N) is 1. The van der Waals surface area contributed by atoms with Crippen LogP contribution in [0.5, 0.6) is 0 Å². The Labute approximate surface area is 82.9 Å². The van der Waals surface area contributed by atoms with E-state index in [1.54, 1.807) is 6.92 Å². The predicted octanol–water partition coefficient (Wildman–Crippen LogP) is -0.991. The summed E-state index contributed by atoms with van der Waals surface area (Å²) in [6.07, 6.45) is -1.27. The lowest BCUT2D eigenvalue weighted by atomic mass is 9.81. The Morgan fingerprint density at radius 3 is 2.57 bits per heavy atom. The second-order valence-corrected chi connectivity index (χ2v) is 3.63. The second kappa shape index (κ2) is 4.72. The van der Waals surface area contributed by atoms with Crippen molar-refractivity contribution in [3.63, 3.8) is 0 Å². The van der Waals surface area contributed by atoms with Gasteiger partial charge >= 0.3 is 5.97 Å². The maximum atomic E-state index is 11.4. The molecule has 1 aliphatic rings. The normalized spacial score (nSPS) is 38.0. The summed E-state index contributed by atoms with van der Waals surface area (Å²) in [6, 6.07) is -0.424. The topological polar surface area (TPSA) is 92.8 Å². The third kappa shape index (κ3) is 2.43. The molecule has 14 heavy (non-hydrogen) atoms. The van der Waals surface area contributed by atoms with Crippen LogP contribution in [0.1, 0.15) is 19.8 Å². The minimum atomic E-state index is -0.871. The molecule has 1 saturated carbocycles. The third-order valence-electron chi connectivity index (χ3n) is 2.56. The molecule has 0 bridgehead atoms. The molecule has 0 aliphatic heterocycles. The summed E-state index contributed by atoms with van der Waals surface area (Å²) in [7, 11) is 0. The zero-order chi connectivity index (χ0) is 10.7.